The van der Waals surface area contributed by atoms with E-state index in [0.717, 1.165) is 6.20 Å². The van der Waals surface area contributed by atoms with Crippen molar-refractivity contribution in [2.24, 2.45) is 5.92 Å². The molecule has 1 amide bonds. The zero-order valence-electron chi connectivity index (χ0n) is 18.5. The van der Waals surface area contributed by atoms with Crippen LogP contribution >= 0.6 is 0 Å². The van der Waals surface area contributed by atoms with Crippen LogP contribution in [0.4, 0.5) is 9.18 Å². The number of hydrogen-bond donors (Lipinski definition) is 2. The first kappa shape index (κ1) is 22.5. The summed E-state index contributed by atoms with van der Waals surface area (Å²) >= 11 is 0. The second-order valence-electron chi connectivity index (χ2n) is 9.62. The minimum absolute atomic E-state index is 0.0400. The monoisotopic (exact) mass is 448 g/mol. The summed E-state index contributed by atoms with van der Waals surface area (Å²) < 4.78 is 21.5. The van der Waals surface area contributed by atoms with E-state index in [-0.39, 0.29) is 36.4 Å². The fourth-order valence-electron chi connectivity index (χ4n) is 4.67. The van der Waals surface area contributed by atoms with E-state index in [1.807, 2.05) is 20.8 Å². The van der Waals surface area contributed by atoms with Gasteiger partial charge in [-0.3, -0.25) is 14.3 Å². The van der Waals surface area contributed by atoms with Crippen LogP contribution in [-0.4, -0.2) is 80.1 Å². The van der Waals surface area contributed by atoms with Crippen molar-refractivity contribution < 1.29 is 24.1 Å². The second-order valence-corrected chi connectivity index (χ2v) is 9.62. The van der Waals surface area contributed by atoms with Crippen molar-refractivity contribution in [2.45, 2.75) is 44.9 Å². The van der Waals surface area contributed by atoms with Crippen LogP contribution in [0.2, 0.25) is 0 Å². The number of aliphatic hydroxyl groups excluding tert-OH is 1. The normalized spacial score (nSPS) is 23.7. The van der Waals surface area contributed by atoms with Crippen molar-refractivity contribution in [3.63, 3.8) is 0 Å². The van der Waals surface area contributed by atoms with Crippen molar-refractivity contribution in [1.82, 2.24) is 19.4 Å². The zero-order chi connectivity index (χ0) is 23.2. The van der Waals surface area contributed by atoms with E-state index in [1.165, 1.54) is 11.0 Å². The smallest absolute Gasteiger partial charge is 0.407 e. The van der Waals surface area contributed by atoms with Crippen molar-refractivity contribution >= 4 is 17.1 Å². The summed E-state index contributed by atoms with van der Waals surface area (Å²) in [6.07, 6.45) is -0.0377. The molecule has 2 N–H and O–H groups in total. The van der Waals surface area contributed by atoms with Crippen LogP contribution in [0, 0.1) is 11.7 Å². The van der Waals surface area contributed by atoms with Crippen LogP contribution in [0.15, 0.2) is 23.1 Å². The molecule has 32 heavy (non-hydrogen) atoms. The maximum absolute atomic E-state index is 14.2. The van der Waals surface area contributed by atoms with Gasteiger partial charge in [-0.25, -0.2) is 9.18 Å². The lowest BCUT2D eigenvalue weighted by atomic mass is 9.92. The van der Waals surface area contributed by atoms with Crippen LogP contribution < -0.4 is 10.3 Å². The van der Waals surface area contributed by atoms with Gasteiger partial charge >= 0.3 is 6.09 Å². The number of rotatable bonds is 4. The van der Waals surface area contributed by atoms with E-state index >= 15 is 0 Å². The first-order valence-electron chi connectivity index (χ1n) is 10.8. The maximum Gasteiger partial charge on any atom is 0.407 e. The molecule has 1 fully saturated rings. The molecule has 1 saturated heterocycles. The van der Waals surface area contributed by atoms with Gasteiger partial charge in [-0.1, -0.05) is 0 Å². The van der Waals surface area contributed by atoms with E-state index in [9.17, 15) is 24.2 Å². The highest BCUT2D eigenvalue weighted by molar-refractivity contribution is 5.82. The Morgan fingerprint density at radius 1 is 1.38 bits per heavy atom. The SMILES string of the molecule is CC(C)(C)N(CC1CN(C[C@@H]2COc3c(F)cnc4ccc(=O)n2c34)CCC1O)C(=O)O. The average Bonchev–Trinajstić information content (AvgIpc) is 2.72. The second kappa shape index (κ2) is 8.32. The fraction of sp³-hybridized carbons (Fsp3) is 0.591. The van der Waals surface area contributed by atoms with Gasteiger partial charge in [0.2, 0.25) is 0 Å². The Morgan fingerprint density at radius 3 is 2.81 bits per heavy atom. The predicted octanol–water partition coefficient (Wildman–Crippen LogP) is 1.93. The Balaban J connectivity index is 1.56. The number of halogens is 1. The van der Waals surface area contributed by atoms with E-state index in [2.05, 4.69) is 9.88 Å². The zero-order valence-corrected chi connectivity index (χ0v) is 18.5. The average molecular weight is 448 g/mol. The lowest BCUT2D eigenvalue weighted by molar-refractivity contribution is -0.00714. The summed E-state index contributed by atoms with van der Waals surface area (Å²) in [7, 11) is 0. The quantitative estimate of drug-likeness (QED) is 0.736. The number of aliphatic hydroxyl groups is 1. The summed E-state index contributed by atoms with van der Waals surface area (Å²) in [5, 5.41) is 20.2. The molecule has 0 radical (unpaired) electrons. The van der Waals surface area contributed by atoms with Crippen LogP contribution in [-0.2, 0) is 0 Å². The summed E-state index contributed by atoms with van der Waals surface area (Å²) in [6, 6.07) is 2.63. The van der Waals surface area contributed by atoms with E-state index in [1.54, 1.807) is 10.6 Å². The number of aromatic nitrogens is 2. The molecule has 0 saturated carbocycles. The molecule has 2 aliphatic heterocycles. The molecule has 0 aromatic carbocycles. The molecule has 4 rings (SSSR count). The molecule has 9 nitrogen and oxygen atoms in total. The molecule has 2 unspecified atom stereocenters. The molecule has 3 atom stereocenters. The third-order valence-electron chi connectivity index (χ3n) is 6.34. The van der Waals surface area contributed by atoms with Gasteiger partial charge in [-0.05, 0) is 33.3 Å². The third kappa shape index (κ3) is 4.16. The minimum atomic E-state index is -1.02. The molecule has 2 aliphatic rings. The number of nitrogens with zero attached hydrogens (tertiary/aromatic N) is 4. The van der Waals surface area contributed by atoms with E-state index < -0.39 is 23.6 Å². The Morgan fingerprint density at radius 2 is 2.12 bits per heavy atom. The Kier molecular flexibility index (Phi) is 5.85. The summed E-state index contributed by atoms with van der Waals surface area (Å²) in [6.45, 7) is 7.37. The number of likely N-dealkylation sites (tertiary alicyclic amines) is 1. The van der Waals surface area contributed by atoms with Gasteiger partial charge < -0.3 is 24.7 Å². The standard InChI is InChI=1S/C22H29FN4O5/c1-22(2,3)26(21(30)31)10-13-9-25(7-6-17(13)28)11-14-12-32-20-15(23)8-24-16-4-5-18(29)27(14)19(16)20/h4-5,8,13-14,17,28H,6-7,9-12H2,1-3H3,(H,30,31)/t13?,14-,17?/m1/s1. The third-order valence-corrected chi connectivity index (χ3v) is 6.34. The molecule has 4 heterocycles. The Hall–Kier alpha value is -2.72. The first-order chi connectivity index (χ1) is 15.1. The van der Waals surface area contributed by atoms with Crippen molar-refractivity contribution in [3.8, 4) is 5.75 Å². The van der Waals surface area contributed by atoms with Crippen LogP contribution in [0.3, 0.4) is 0 Å². The van der Waals surface area contributed by atoms with Gasteiger partial charge in [-0.2, -0.15) is 0 Å². The molecule has 174 valence electrons. The number of amides is 1. The summed E-state index contributed by atoms with van der Waals surface area (Å²) in [5.41, 5.74) is -0.000662. The lowest BCUT2D eigenvalue weighted by Crippen LogP contribution is -2.54. The van der Waals surface area contributed by atoms with Gasteiger partial charge in [0.25, 0.3) is 5.56 Å². The van der Waals surface area contributed by atoms with Crippen LogP contribution in [0.25, 0.3) is 11.0 Å². The molecule has 0 aliphatic carbocycles. The van der Waals surface area contributed by atoms with Gasteiger partial charge in [0.15, 0.2) is 11.6 Å². The highest BCUT2D eigenvalue weighted by Gasteiger charge is 2.36. The first-order valence-corrected chi connectivity index (χ1v) is 10.8. The van der Waals surface area contributed by atoms with Crippen LogP contribution in [0.1, 0.15) is 33.2 Å². The molecular weight excluding hydrogens is 419 g/mol. The number of piperidine rings is 1. The lowest BCUT2D eigenvalue weighted by Gasteiger charge is -2.42. The van der Waals surface area contributed by atoms with E-state index in [4.69, 9.17) is 4.74 Å². The number of carbonyl (C=O) groups is 1. The van der Waals surface area contributed by atoms with Gasteiger partial charge in [0, 0.05) is 43.7 Å². The molecule has 10 heteroatoms. The molecular formula is C22H29FN4O5. The van der Waals surface area contributed by atoms with Crippen LogP contribution in [0.5, 0.6) is 5.75 Å². The van der Waals surface area contributed by atoms with E-state index in [0.29, 0.717) is 37.1 Å². The number of carboxylic acid groups (broad SMARTS) is 1. The summed E-state index contributed by atoms with van der Waals surface area (Å²) in [5.74, 6) is -0.826. The molecule has 2 aromatic heterocycles. The van der Waals surface area contributed by atoms with Crippen molar-refractivity contribution in [3.05, 3.63) is 34.5 Å². The molecule has 2 aromatic rings. The topological polar surface area (TPSA) is 108 Å². The largest absolute Gasteiger partial charge is 0.486 e. The molecule has 0 bridgehead atoms. The number of pyridine rings is 2. The Bertz CT molecular complexity index is 1080. The highest BCUT2D eigenvalue weighted by atomic mass is 19.1. The van der Waals surface area contributed by atoms with Gasteiger partial charge in [-0.15, -0.1) is 0 Å². The predicted molar refractivity (Wildman–Crippen MR) is 116 cm³/mol. The maximum atomic E-state index is 14.2. The highest BCUT2D eigenvalue weighted by Crippen LogP contribution is 2.33. The van der Waals surface area contributed by atoms with Crippen molar-refractivity contribution in [1.29, 1.82) is 0 Å². The molecule has 0 spiro atoms. The fourth-order valence-corrected chi connectivity index (χ4v) is 4.67. The number of ether oxygens (including phenoxy) is 1. The number of hydrogen-bond acceptors (Lipinski definition) is 6. The summed E-state index contributed by atoms with van der Waals surface area (Å²) in [4.78, 5) is 32.0. The minimum Gasteiger partial charge on any atom is -0.486 e. The van der Waals surface area contributed by atoms with Gasteiger partial charge in [0.1, 0.15) is 12.1 Å². The van der Waals surface area contributed by atoms with Gasteiger partial charge in [0.05, 0.1) is 23.9 Å². The Labute approximate surface area is 185 Å². The van der Waals surface area contributed by atoms with Crippen molar-refractivity contribution in [2.75, 3.05) is 32.8 Å².